The molecule has 1 spiro atoms. The normalized spacial score (nSPS) is 30.0. The fourth-order valence-electron chi connectivity index (χ4n) is 5.94. The summed E-state index contributed by atoms with van der Waals surface area (Å²) in [5.41, 5.74) is 5.15. The number of rotatable bonds is 7. The van der Waals surface area contributed by atoms with Crippen LogP contribution in [0.4, 0.5) is 0 Å². The summed E-state index contributed by atoms with van der Waals surface area (Å²) in [7, 11) is 3.50. The van der Waals surface area contributed by atoms with Gasteiger partial charge in [-0.25, -0.2) is 4.79 Å². The van der Waals surface area contributed by atoms with E-state index in [1.807, 2.05) is 27.0 Å². The van der Waals surface area contributed by atoms with Crippen LogP contribution in [0.2, 0.25) is 0 Å². The third-order valence-corrected chi connectivity index (χ3v) is 8.08. The van der Waals surface area contributed by atoms with Crippen molar-refractivity contribution >= 4 is 17.9 Å². The lowest BCUT2D eigenvalue weighted by atomic mass is 9.54. The van der Waals surface area contributed by atoms with Gasteiger partial charge in [-0.05, 0) is 58.5 Å². The van der Waals surface area contributed by atoms with Crippen LogP contribution in [-0.2, 0) is 29.3 Å². The molecule has 0 bridgehead atoms. The summed E-state index contributed by atoms with van der Waals surface area (Å²) in [4.78, 5) is 38.0. The monoisotopic (exact) mass is 518 g/mol. The minimum absolute atomic E-state index is 0.203. The Labute approximate surface area is 215 Å². The lowest BCUT2D eigenvalue weighted by Gasteiger charge is -2.58. The van der Waals surface area contributed by atoms with Crippen LogP contribution in [0.3, 0.4) is 0 Å². The molecule has 2 aliphatic heterocycles. The number of hydrogen-bond donors (Lipinski definition) is 3. The predicted molar refractivity (Wildman–Crippen MR) is 130 cm³/mol. The van der Waals surface area contributed by atoms with Crippen molar-refractivity contribution in [2.24, 2.45) is 5.73 Å². The molecule has 0 unspecified atom stereocenters. The van der Waals surface area contributed by atoms with Gasteiger partial charge in [0.1, 0.15) is 11.8 Å². The van der Waals surface area contributed by atoms with E-state index in [4.69, 9.17) is 29.8 Å². The number of piperidine rings is 1. The minimum Gasteiger partial charge on any atom is -0.493 e. The average Bonchev–Trinajstić information content (AvgIpc) is 3.20. The van der Waals surface area contributed by atoms with Crippen LogP contribution >= 0.6 is 0 Å². The fourth-order valence-corrected chi connectivity index (χ4v) is 5.94. The summed E-state index contributed by atoms with van der Waals surface area (Å²) in [5, 5.41) is 21.1. The van der Waals surface area contributed by atoms with E-state index in [2.05, 4.69) is 4.90 Å². The standard InChI is InChI=1S/C26H34N2O9/c1-13-6-7-17(34-5)21-20(13)25-10-11-28(4)15(3)26(25,33)9-8-18(22(25)37-21)36-23(31)14(2)35-24(32)16(27)12-19(29)30/h6-8,14-16,22,33H,9-12,27H2,1-5H3,(H,29,30)/t14-,15+,16-,22-,25-,26+/m0/s1. The van der Waals surface area contributed by atoms with Crippen molar-refractivity contribution in [3.8, 4) is 11.5 Å². The van der Waals surface area contributed by atoms with Gasteiger partial charge in [-0.1, -0.05) is 6.07 Å². The van der Waals surface area contributed by atoms with Crippen LogP contribution < -0.4 is 15.2 Å². The molecule has 11 heteroatoms. The quantitative estimate of drug-likeness (QED) is 0.443. The molecule has 6 atom stereocenters. The Morgan fingerprint density at radius 1 is 1.30 bits per heavy atom. The highest BCUT2D eigenvalue weighted by Gasteiger charge is 2.69. The zero-order valence-corrected chi connectivity index (χ0v) is 21.6. The molecule has 1 fully saturated rings. The number of aliphatic carboxylic acids is 1. The lowest BCUT2D eigenvalue weighted by molar-refractivity contribution is -0.172. The van der Waals surface area contributed by atoms with E-state index in [9.17, 15) is 19.5 Å². The molecule has 11 nitrogen and oxygen atoms in total. The molecule has 4 rings (SSSR count). The molecule has 1 saturated heterocycles. The number of hydrogen-bond acceptors (Lipinski definition) is 10. The van der Waals surface area contributed by atoms with Gasteiger partial charge in [0.25, 0.3) is 0 Å². The Morgan fingerprint density at radius 3 is 2.65 bits per heavy atom. The van der Waals surface area contributed by atoms with Gasteiger partial charge in [0.2, 0.25) is 0 Å². The molecular formula is C26H34N2O9. The second-order valence-electron chi connectivity index (χ2n) is 10.1. The summed E-state index contributed by atoms with van der Waals surface area (Å²) in [5.74, 6) is -1.93. The summed E-state index contributed by atoms with van der Waals surface area (Å²) in [6.07, 6.45) is -0.409. The van der Waals surface area contributed by atoms with Gasteiger partial charge < -0.3 is 39.8 Å². The van der Waals surface area contributed by atoms with Gasteiger partial charge in [0, 0.05) is 18.0 Å². The molecule has 1 aromatic carbocycles. The van der Waals surface area contributed by atoms with Gasteiger partial charge >= 0.3 is 17.9 Å². The van der Waals surface area contributed by atoms with Crippen LogP contribution in [0.25, 0.3) is 0 Å². The zero-order valence-electron chi connectivity index (χ0n) is 21.6. The van der Waals surface area contributed by atoms with Gasteiger partial charge in [0.05, 0.1) is 24.5 Å². The number of fused-ring (bicyclic) bond motifs is 1. The van der Waals surface area contributed by atoms with E-state index in [0.29, 0.717) is 24.5 Å². The van der Waals surface area contributed by atoms with Crippen LogP contribution in [-0.4, -0.2) is 83.6 Å². The largest absolute Gasteiger partial charge is 0.493 e. The van der Waals surface area contributed by atoms with Crippen molar-refractivity contribution in [1.29, 1.82) is 0 Å². The highest BCUT2D eigenvalue weighted by atomic mass is 16.6. The van der Waals surface area contributed by atoms with Crippen molar-refractivity contribution in [3.63, 3.8) is 0 Å². The van der Waals surface area contributed by atoms with E-state index < -0.39 is 53.6 Å². The number of carbonyl (C=O) groups is 3. The molecule has 2 heterocycles. The van der Waals surface area contributed by atoms with E-state index in [-0.39, 0.29) is 18.2 Å². The number of nitrogens with zero attached hydrogens (tertiary/aromatic N) is 1. The number of aryl methyl sites for hydroxylation is 1. The zero-order chi connectivity index (χ0) is 27.3. The Balaban J connectivity index is 1.67. The molecule has 0 amide bonds. The first-order valence-corrected chi connectivity index (χ1v) is 12.2. The number of likely N-dealkylation sites (tertiary alicyclic amines) is 1. The Kier molecular flexibility index (Phi) is 7.00. The Hall–Kier alpha value is -3.15. The van der Waals surface area contributed by atoms with E-state index in [1.54, 1.807) is 19.3 Å². The first-order valence-electron chi connectivity index (χ1n) is 12.2. The Bertz CT molecular complexity index is 1150. The van der Waals surface area contributed by atoms with Gasteiger partial charge in [-0.2, -0.15) is 0 Å². The lowest BCUT2D eigenvalue weighted by Crippen LogP contribution is -2.71. The SMILES string of the molecule is COc1ccc(C)c2c1O[C@H]1C(OC(=O)[C@H](C)OC(=O)[C@@H](N)CC(=O)O)=CC[C@@]3(O)[C@@H](C)N(C)CC[C@]213. The van der Waals surface area contributed by atoms with Crippen LogP contribution in [0.1, 0.15) is 44.2 Å². The van der Waals surface area contributed by atoms with E-state index in [1.165, 1.54) is 6.92 Å². The molecule has 37 heavy (non-hydrogen) atoms. The first kappa shape index (κ1) is 26.9. The van der Waals surface area contributed by atoms with E-state index >= 15 is 0 Å². The number of aliphatic hydroxyl groups is 1. The number of benzene rings is 1. The van der Waals surface area contributed by atoms with Crippen LogP contribution in [0.15, 0.2) is 24.0 Å². The topological polar surface area (TPSA) is 158 Å². The number of ether oxygens (including phenoxy) is 4. The maximum Gasteiger partial charge on any atom is 0.352 e. The summed E-state index contributed by atoms with van der Waals surface area (Å²) in [6.45, 7) is 5.92. The molecule has 4 N–H and O–H groups in total. The second kappa shape index (κ2) is 9.62. The summed E-state index contributed by atoms with van der Waals surface area (Å²) >= 11 is 0. The molecule has 0 radical (unpaired) electrons. The predicted octanol–water partition coefficient (Wildman–Crippen LogP) is 1.02. The number of methoxy groups -OCH3 is 1. The fraction of sp³-hybridized carbons (Fsp3) is 0.577. The number of likely N-dealkylation sites (N-methyl/N-ethyl adjacent to an activating group) is 1. The smallest absolute Gasteiger partial charge is 0.352 e. The minimum atomic E-state index is -1.41. The molecular weight excluding hydrogens is 484 g/mol. The third kappa shape index (κ3) is 4.14. The van der Waals surface area contributed by atoms with Crippen LogP contribution in [0, 0.1) is 6.92 Å². The molecule has 0 aromatic heterocycles. The van der Waals surface area contributed by atoms with Crippen molar-refractivity contribution in [1.82, 2.24) is 4.90 Å². The van der Waals surface area contributed by atoms with Crippen molar-refractivity contribution in [3.05, 3.63) is 35.1 Å². The second-order valence-corrected chi connectivity index (χ2v) is 10.1. The third-order valence-electron chi connectivity index (χ3n) is 8.08. The van der Waals surface area contributed by atoms with Crippen molar-refractivity contribution < 1.29 is 43.5 Å². The van der Waals surface area contributed by atoms with Crippen molar-refractivity contribution in [2.75, 3.05) is 20.7 Å². The highest BCUT2D eigenvalue weighted by molar-refractivity contribution is 5.85. The number of nitrogens with two attached hydrogens (primary N) is 1. The maximum atomic E-state index is 12.9. The number of carboxylic acids is 1. The average molecular weight is 519 g/mol. The summed E-state index contributed by atoms with van der Waals surface area (Å²) in [6, 6.07) is 2.08. The Morgan fingerprint density at radius 2 is 2.00 bits per heavy atom. The molecule has 202 valence electrons. The van der Waals surface area contributed by atoms with Gasteiger partial charge in [-0.15, -0.1) is 0 Å². The summed E-state index contributed by atoms with van der Waals surface area (Å²) < 4.78 is 22.8. The number of carbonyl (C=O) groups excluding carboxylic acids is 2. The van der Waals surface area contributed by atoms with Gasteiger partial charge in [0.15, 0.2) is 23.7 Å². The number of carboxylic acid groups (broad SMARTS) is 1. The van der Waals surface area contributed by atoms with Crippen LogP contribution in [0.5, 0.6) is 11.5 Å². The first-order chi connectivity index (χ1) is 17.4. The molecule has 1 aliphatic carbocycles. The van der Waals surface area contributed by atoms with Crippen molar-refractivity contribution in [2.45, 2.75) is 75.3 Å². The molecule has 3 aliphatic rings. The molecule has 1 aromatic rings. The molecule has 0 saturated carbocycles. The van der Waals surface area contributed by atoms with Gasteiger partial charge in [-0.3, -0.25) is 9.59 Å². The maximum absolute atomic E-state index is 12.9. The number of esters is 2. The highest BCUT2D eigenvalue weighted by Crippen LogP contribution is 2.62. The van der Waals surface area contributed by atoms with E-state index in [0.717, 1.165) is 11.1 Å².